The van der Waals surface area contributed by atoms with Crippen LogP contribution in [0.3, 0.4) is 0 Å². The van der Waals surface area contributed by atoms with Gasteiger partial charge in [0.2, 0.25) is 0 Å². The molecule has 1 saturated heterocycles. The van der Waals surface area contributed by atoms with Crippen molar-refractivity contribution in [2.45, 2.75) is 50.8 Å². The average molecular weight is 421 g/mol. The van der Waals surface area contributed by atoms with Crippen molar-refractivity contribution < 1.29 is 19.1 Å². The van der Waals surface area contributed by atoms with Crippen LogP contribution in [0.25, 0.3) is 11.1 Å². The van der Waals surface area contributed by atoms with Crippen LogP contribution in [0.2, 0.25) is 0 Å². The van der Waals surface area contributed by atoms with Crippen LogP contribution >= 0.6 is 0 Å². The zero-order valence-corrected chi connectivity index (χ0v) is 18.2. The molecule has 5 rings (SSSR count). The van der Waals surface area contributed by atoms with Crippen molar-refractivity contribution in [1.29, 1.82) is 0 Å². The Morgan fingerprint density at radius 2 is 1.39 bits per heavy atom. The van der Waals surface area contributed by atoms with Crippen LogP contribution in [-0.2, 0) is 9.47 Å². The summed E-state index contributed by atoms with van der Waals surface area (Å²) in [5.74, 6) is 0.0504. The first-order valence-electron chi connectivity index (χ1n) is 10.9. The van der Waals surface area contributed by atoms with Gasteiger partial charge in [-0.25, -0.2) is 9.59 Å². The number of amides is 2. The Morgan fingerprint density at radius 3 is 1.94 bits per heavy atom. The summed E-state index contributed by atoms with van der Waals surface area (Å²) in [7, 11) is 0. The smallest absolute Gasteiger partial charge is 0.410 e. The van der Waals surface area contributed by atoms with Crippen molar-refractivity contribution in [3.63, 3.8) is 0 Å². The molecule has 0 spiro atoms. The van der Waals surface area contributed by atoms with Gasteiger partial charge in [-0.1, -0.05) is 48.5 Å². The van der Waals surface area contributed by atoms with E-state index < -0.39 is 5.60 Å². The topological polar surface area (TPSA) is 59.1 Å². The molecule has 0 radical (unpaired) electrons. The van der Waals surface area contributed by atoms with Gasteiger partial charge in [-0.15, -0.1) is 0 Å². The van der Waals surface area contributed by atoms with Crippen molar-refractivity contribution in [3.8, 4) is 11.1 Å². The quantitative estimate of drug-likeness (QED) is 0.711. The second-order valence-corrected chi connectivity index (χ2v) is 9.54. The van der Waals surface area contributed by atoms with E-state index in [0.717, 1.165) is 6.42 Å². The van der Waals surface area contributed by atoms with Crippen LogP contribution in [-0.4, -0.2) is 59.4 Å². The molecule has 6 nitrogen and oxygen atoms in total. The van der Waals surface area contributed by atoms with Crippen molar-refractivity contribution >= 4 is 12.2 Å². The third-order valence-corrected chi connectivity index (χ3v) is 6.31. The fourth-order valence-electron chi connectivity index (χ4n) is 4.84. The maximum absolute atomic E-state index is 12.9. The minimum atomic E-state index is -0.522. The molecule has 3 aliphatic rings. The van der Waals surface area contributed by atoms with Crippen molar-refractivity contribution in [2.24, 2.45) is 0 Å². The van der Waals surface area contributed by atoms with E-state index >= 15 is 0 Å². The molecule has 2 fully saturated rings. The average Bonchev–Trinajstić information content (AvgIpc) is 3.47. The van der Waals surface area contributed by atoms with Crippen LogP contribution in [0.5, 0.6) is 0 Å². The molecule has 0 N–H and O–H groups in total. The summed E-state index contributed by atoms with van der Waals surface area (Å²) >= 11 is 0. The van der Waals surface area contributed by atoms with E-state index in [1.807, 2.05) is 45.0 Å². The van der Waals surface area contributed by atoms with E-state index in [9.17, 15) is 9.59 Å². The lowest BCUT2D eigenvalue weighted by molar-refractivity contribution is 0.0115. The van der Waals surface area contributed by atoms with Gasteiger partial charge in [-0.05, 0) is 49.4 Å². The fraction of sp³-hybridized carbons (Fsp3) is 0.440. The Bertz CT molecular complexity index is 983. The standard InChI is InChI=1S/C25H28N2O4/c1-25(2,3)31-24(29)27-13-12-26(21-14-22(21)27)23(28)30-15-20-18-10-6-4-8-16(18)17-9-5-7-11-19(17)20/h4-11,20-22H,12-15H2,1-3H3/t21-,22-/m0/s1. The number of fused-ring (bicyclic) bond motifs is 4. The molecule has 6 heteroatoms. The van der Waals surface area contributed by atoms with Crippen LogP contribution in [0.4, 0.5) is 9.59 Å². The summed E-state index contributed by atoms with van der Waals surface area (Å²) < 4.78 is 11.3. The third-order valence-electron chi connectivity index (χ3n) is 6.31. The highest BCUT2D eigenvalue weighted by molar-refractivity contribution is 5.79. The van der Waals surface area contributed by atoms with E-state index in [4.69, 9.17) is 9.47 Å². The summed E-state index contributed by atoms with van der Waals surface area (Å²) in [6.07, 6.45) is 0.189. The van der Waals surface area contributed by atoms with Gasteiger partial charge in [-0.3, -0.25) is 0 Å². The highest BCUT2D eigenvalue weighted by Gasteiger charge is 2.53. The number of ether oxygens (including phenoxy) is 2. The predicted octanol–water partition coefficient (Wildman–Crippen LogP) is 4.63. The fourth-order valence-corrected chi connectivity index (χ4v) is 4.84. The SMILES string of the molecule is CC(C)(C)OC(=O)N1CCN(C(=O)OCC2c3ccccc3-c3ccccc32)[C@H]2C[C@@H]21. The molecule has 1 aliphatic heterocycles. The predicted molar refractivity (Wildman–Crippen MR) is 117 cm³/mol. The summed E-state index contributed by atoms with van der Waals surface area (Å²) in [4.78, 5) is 28.8. The molecule has 2 aromatic rings. The van der Waals surface area contributed by atoms with Gasteiger partial charge in [0.05, 0.1) is 12.1 Å². The Kier molecular flexibility index (Phi) is 4.68. The monoisotopic (exact) mass is 420 g/mol. The van der Waals surface area contributed by atoms with Crippen molar-refractivity contribution in [2.75, 3.05) is 19.7 Å². The van der Waals surface area contributed by atoms with Gasteiger partial charge in [0.1, 0.15) is 12.2 Å². The zero-order valence-electron chi connectivity index (χ0n) is 18.2. The first-order chi connectivity index (χ1) is 14.8. The molecule has 2 aromatic carbocycles. The molecule has 2 atom stereocenters. The van der Waals surface area contributed by atoms with E-state index in [2.05, 4.69) is 24.3 Å². The van der Waals surface area contributed by atoms with Crippen molar-refractivity contribution in [1.82, 2.24) is 9.80 Å². The highest BCUT2D eigenvalue weighted by atomic mass is 16.6. The molecule has 1 saturated carbocycles. The van der Waals surface area contributed by atoms with Gasteiger partial charge < -0.3 is 19.3 Å². The number of hydrogen-bond donors (Lipinski definition) is 0. The number of carbonyl (C=O) groups excluding carboxylic acids is 2. The Morgan fingerprint density at radius 1 is 0.871 bits per heavy atom. The number of hydrogen-bond acceptors (Lipinski definition) is 4. The maximum Gasteiger partial charge on any atom is 0.410 e. The summed E-state index contributed by atoms with van der Waals surface area (Å²) in [6, 6.07) is 16.7. The van der Waals surface area contributed by atoms with Gasteiger partial charge >= 0.3 is 12.2 Å². The van der Waals surface area contributed by atoms with Gasteiger partial charge in [0.15, 0.2) is 0 Å². The summed E-state index contributed by atoms with van der Waals surface area (Å²) in [5.41, 5.74) is 4.32. The number of nitrogens with zero attached hydrogens (tertiary/aromatic N) is 2. The largest absolute Gasteiger partial charge is 0.448 e. The maximum atomic E-state index is 12.9. The molecule has 0 unspecified atom stereocenters. The lowest BCUT2D eigenvalue weighted by atomic mass is 9.98. The van der Waals surface area contributed by atoms with E-state index in [1.165, 1.54) is 22.3 Å². The third kappa shape index (κ3) is 3.64. The van der Waals surface area contributed by atoms with E-state index in [1.54, 1.807) is 9.80 Å². The number of piperazine rings is 1. The van der Waals surface area contributed by atoms with Crippen LogP contribution < -0.4 is 0 Å². The second-order valence-electron chi connectivity index (χ2n) is 9.54. The molecule has 31 heavy (non-hydrogen) atoms. The Hall–Kier alpha value is -3.02. The van der Waals surface area contributed by atoms with Gasteiger partial charge in [0, 0.05) is 19.0 Å². The molecule has 0 aromatic heterocycles. The normalized spacial score (nSPS) is 21.8. The minimum absolute atomic E-state index is 0.0249. The first kappa shape index (κ1) is 19.9. The second kappa shape index (κ2) is 7.29. The molecule has 2 amide bonds. The highest BCUT2D eigenvalue weighted by Crippen LogP contribution is 2.45. The Balaban J connectivity index is 1.23. The van der Waals surface area contributed by atoms with Crippen LogP contribution in [0.1, 0.15) is 44.2 Å². The molecular weight excluding hydrogens is 392 g/mol. The number of rotatable bonds is 2. The molecular formula is C25H28N2O4. The lowest BCUT2D eigenvalue weighted by Gasteiger charge is -2.34. The molecule has 1 heterocycles. The summed E-state index contributed by atoms with van der Waals surface area (Å²) in [6.45, 7) is 6.85. The lowest BCUT2D eigenvalue weighted by Crippen LogP contribution is -2.51. The minimum Gasteiger partial charge on any atom is -0.448 e. The number of benzene rings is 2. The van der Waals surface area contributed by atoms with Gasteiger partial charge in [-0.2, -0.15) is 0 Å². The molecule has 162 valence electrons. The van der Waals surface area contributed by atoms with Crippen LogP contribution in [0.15, 0.2) is 48.5 Å². The Labute approximate surface area is 182 Å². The number of carbonyl (C=O) groups is 2. The first-order valence-corrected chi connectivity index (χ1v) is 10.9. The zero-order chi connectivity index (χ0) is 21.8. The van der Waals surface area contributed by atoms with Gasteiger partial charge in [0.25, 0.3) is 0 Å². The van der Waals surface area contributed by atoms with Crippen molar-refractivity contribution in [3.05, 3.63) is 59.7 Å². The molecule has 2 aliphatic carbocycles. The van der Waals surface area contributed by atoms with Crippen LogP contribution in [0, 0.1) is 0 Å². The summed E-state index contributed by atoms with van der Waals surface area (Å²) in [5, 5.41) is 0. The van der Waals surface area contributed by atoms with E-state index in [-0.39, 0.29) is 30.2 Å². The van der Waals surface area contributed by atoms with E-state index in [0.29, 0.717) is 19.7 Å². The molecule has 0 bridgehead atoms.